The topological polar surface area (TPSA) is 70.4 Å². The molecule has 0 aliphatic rings. The van der Waals surface area contributed by atoms with Crippen molar-refractivity contribution in [2.75, 3.05) is 6.61 Å². The highest BCUT2D eigenvalue weighted by molar-refractivity contribution is 5.96. The Morgan fingerprint density at radius 3 is 2.67 bits per heavy atom. The van der Waals surface area contributed by atoms with Crippen molar-refractivity contribution in [3.8, 4) is 11.1 Å². The van der Waals surface area contributed by atoms with Crippen LogP contribution in [0, 0.1) is 0 Å². The van der Waals surface area contributed by atoms with Crippen molar-refractivity contribution >= 4 is 5.97 Å². The number of hydrogen-bond donors (Lipinski definition) is 2. The molecule has 0 fully saturated rings. The van der Waals surface area contributed by atoms with Gasteiger partial charge in [-0.3, -0.25) is 4.98 Å². The minimum absolute atomic E-state index is 0.0275. The van der Waals surface area contributed by atoms with E-state index in [0.29, 0.717) is 12.0 Å². The normalized spacial score (nSPS) is 10.3. The standard InChI is InChI=1S/C14H13NO3/c16-8-6-10-3-1-2-4-11(10)13-9-15-7-5-12(13)14(17)18/h1-5,7,9,16H,6,8H2,(H,17,18). The number of benzene rings is 1. The van der Waals surface area contributed by atoms with Crippen LogP contribution in [0.15, 0.2) is 42.7 Å². The third kappa shape index (κ3) is 2.38. The van der Waals surface area contributed by atoms with Crippen LogP contribution in [0.25, 0.3) is 11.1 Å². The van der Waals surface area contributed by atoms with Crippen molar-refractivity contribution in [2.45, 2.75) is 6.42 Å². The van der Waals surface area contributed by atoms with Crippen molar-refractivity contribution in [3.05, 3.63) is 53.9 Å². The lowest BCUT2D eigenvalue weighted by Gasteiger charge is -2.10. The first-order chi connectivity index (χ1) is 8.74. The van der Waals surface area contributed by atoms with Gasteiger partial charge in [0.1, 0.15) is 0 Å². The maximum atomic E-state index is 11.2. The van der Waals surface area contributed by atoms with Crippen LogP contribution in [0.5, 0.6) is 0 Å². The molecule has 2 N–H and O–H groups in total. The average molecular weight is 243 g/mol. The lowest BCUT2D eigenvalue weighted by molar-refractivity contribution is 0.0697. The van der Waals surface area contributed by atoms with Gasteiger partial charge in [0.05, 0.1) is 5.56 Å². The molecule has 0 aliphatic heterocycles. The number of carbonyl (C=O) groups is 1. The molecule has 0 atom stereocenters. The predicted octanol–water partition coefficient (Wildman–Crippen LogP) is 1.98. The van der Waals surface area contributed by atoms with Crippen LogP contribution >= 0.6 is 0 Å². The summed E-state index contributed by atoms with van der Waals surface area (Å²) in [6.45, 7) is 0.0275. The third-order valence-corrected chi connectivity index (χ3v) is 2.74. The summed E-state index contributed by atoms with van der Waals surface area (Å²) in [4.78, 5) is 15.2. The van der Waals surface area contributed by atoms with E-state index < -0.39 is 5.97 Å². The van der Waals surface area contributed by atoms with Crippen molar-refractivity contribution in [2.24, 2.45) is 0 Å². The fraction of sp³-hybridized carbons (Fsp3) is 0.143. The SMILES string of the molecule is O=C(O)c1ccncc1-c1ccccc1CCO. The number of aromatic nitrogens is 1. The van der Waals surface area contributed by atoms with Gasteiger partial charge in [-0.1, -0.05) is 24.3 Å². The maximum absolute atomic E-state index is 11.2. The number of rotatable bonds is 4. The van der Waals surface area contributed by atoms with E-state index in [1.54, 1.807) is 6.20 Å². The third-order valence-electron chi connectivity index (χ3n) is 2.74. The van der Waals surface area contributed by atoms with Crippen molar-refractivity contribution < 1.29 is 15.0 Å². The molecular formula is C14H13NO3. The van der Waals surface area contributed by atoms with Gasteiger partial charge in [-0.05, 0) is 23.6 Å². The van der Waals surface area contributed by atoms with Gasteiger partial charge >= 0.3 is 5.97 Å². The Hall–Kier alpha value is -2.20. The van der Waals surface area contributed by atoms with Crippen LogP contribution in [-0.2, 0) is 6.42 Å². The zero-order valence-electron chi connectivity index (χ0n) is 9.71. The highest BCUT2D eigenvalue weighted by atomic mass is 16.4. The Labute approximate surface area is 105 Å². The molecule has 0 saturated heterocycles. The molecule has 0 aliphatic carbocycles. The number of aliphatic hydroxyl groups is 1. The molecule has 1 heterocycles. The number of aliphatic hydroxyl groups excluding tert-OH is 1. The second kappa shape index (κ2) is 5.42. The van der Waals surface area contributed by atoms with Crippen LogP contribution in [0.3, 0.4) is 0 Å². The Morgan fingerprint density at radius 2 is 1.94 bits per heavy atom. The van der Waals surface area contributed by atoms with E-state index in [4.69, 9.17) is 5.11 Å². The molecule has 0 radical (unpaired) electrons. The van der Waals surface area contributed by atoms with Gasteiger partial charge < -0.3 is 10.2 Å². The summed E-state index contributed by atoms with van der Waals surface area (Å²) in [5.74, 6) is -0.980. The number of carboxylic acids is 1. The smallest absolute Gasteiger partial charge is 0.336 e. The van der Waals surface area contributed by atoms with Gasteiger partial charge in [-0.25, -0.2) is 4.79 Å². The predicted molar refractivity (Wildman–Crippen MR) is 67.4 cm³/mol. The number of pyridine rings is 1. The zero-order valence-corrected chi connectivity index (χ0v) is 9.71. The summed E-state index contributed by atoms with van der Waals surface area (Å²) < 4.78 is 0. The first-order valence-corrected chi connectivity index (χ1v) is 5.60. The molecule has 0 unspecified atom stereocenters. The molecule has 18 heavy (non-hydrogen) atoms. The summed E-state index contributed by atoms with van der Waals surface area (Å²) in [5.41, 5.74) is 2.51. The molecule has 92 valence electrons. The van der Waals surface area contributed by atoms with Crippen LogP contribution in [-0.4, -0.2) is 27.8 Å². The fourth-order valence-corrected chi connectivity index (χ4v) is 1.92. The summed E-state index contributed by atoms with van der Waals surface area (Å²) >= 11 is 0. The maximum Gasteiger partial charge on any atom is 0.336 e. The first-order valence-electron chi connectivity index (χ1n) is 5.60. The molecule has 0 spiro atoms. The van der Waals surface area contributed by atoms with E-state index >= 15 is 0 Å². The molecule has 1 aromatic carbocycles. The van der Waals surface area contributed by atoms with E-state index in [2.05, 4.69) is 4.98 Å². The Balaban J connectivity index is 2.58. The van der Waals surface area contributed by atoms with Crippen LogP contribution in [0.1, 0.15) is 15.9 Å². The summed E-state index contributed by atoms with van der Waals surface area (Å²) in [6, 6.07) is 8.91. The Kier molecular flexibility index (Phi) is 3.69. The van der Waals surface area contributed by atoms with Gasteiger partial charge in [-0.15, -0.1) is 0 Å². The molecule has 1 aromatic heterocycles. The van der Waals surface area contributed by atoms with E-state index in [1.807, 2.05) is 24.3 Å². The summed E-state index contributed by atoms with van der Waals surface area (Å²) in [7, 11) is 0. The highest BCUT2D eigenvalue weighted by Gasteiger charge is 2.13. The molecule has 2 rings (SSSR count). The van der Waals surface area contributed by atoms with Gasteiger partial charge in [0, 0.05) is 24.6 Å². The lowest BCUT2D eigenvalue weighted by Crippen LogP contribution is -2.02. The molecule has 0 amide bonds. The number of hydrogen-bond acceptors (Lipinski definition) is 3. The van der Waals surface area contributed by atoms with Crippen molar-refractivity contribution in [1.29, 1.82) is 0 Å². The quantitative estimate of drug-likeness (QED) is 0.861. The molecule has 4 heteroatoms. The highest BCUT2D eigenvalue weighted by Crippen LogP contribution is 2.26. The summed E-state index contributed by atoms with van der Waals surface area (Å²) in [5, 5.41) is 18.2. The molecule has 2 aromatic rings. The van der Waals surface area contributed by atoms with Gasteiger partial charge in [-0.2, -0.15) is 0 Å². The van der Waals surface area contributed by atoms with Crippen molar-refractivity contribution in [3.63, 3.8) is 0 Å². The number of nitrogens with zero attached hydrogens (tertiary/aromatic N) is 1. The van der Waals surface area contributed by atoms with Crippen LogP contribution < -0.4 is 0 Å². The zero-order chi connectivity index (χ0) is 13.0. The molecule has 4 nitrogen and oxygen atoms in total. The second-order valence-electron chi connectivity index (χ2n) is 3.86. The second-order valence-corrected chi connectivity index (χ2v) is 3.86. The van der Waals surface area contributed by atoms with Crippen LogP contribution in [0.2, 0.25) is 0 Å². The molecule has 0 saturated carbocycles. The minimum atomic E-state index is -0.980. The lowest BCUT2D eigenvalue weighted by atomic mass is 9.96. The Morgan fingerprint density at radius 1 is 1.17 bits per heavy atom. The average Bonchev–Trinajstić information content (AvgIpc) is 2.40. The first kappa shape index (κ1) is 12.3. The van der Waals surface area contributed by atoms with E-state index in [9.17, 15) is 9.90 Å². The van der Waals surface area contributed by atoms with Crippen LogP contribution in [0.4, 0.5) is 0 Å². The monoisotopic (exact) mass is 243 g/mol. The largest absolute Gasteiger partial charge is 0.478 e. The van der Waals surface area contributed by atoms with Gasteiger partial charge in [0.15, 0.2) is 0 Å². The number of carboxylic acid groups (broad SMARTS) is 1. The molecular weight excluding hydrogens is 230 g/mol. The Bertz CT molecular complexity index is 566. The summed E-state index contributed by atoms with van der Waals surface area (Å²) in [6.07, 6.45) is 3.49. The van der Waals surface area contributed by atoms with E-state index in [-0.39, 0.29) is 12.2 Å². The van der Waals surface area contributed by atoms with Gasteiger partial charge in [0.2, 0.25) is 0 Å². The van der Waals surface area contributed by atoms with E-state index in [1.165, 1.54) is 12.3 Å². The number of aromatic carboxylic acids is 1. The fourth-order valence-electron chi connectivity index (χ4n) is 1.92. The molecule has 0 bridgehead atoms. The van der Waals surface area contributed by atoms with Crippen molar-refractivity contribution in [1.82, 2.24) is 4.98 Å². The minimum Gasteiger partial charge on any atom is -0.478 e. The van der Waals surface area contributed by atoms with Gasteiger partial charge in [0.25, 0.3) is 0 Å². The van der Waals surface area contributed by atoms with E-state index in [0.717, 1.165) is 11.1 Å².